The number of ether oxygens (including phenoxy) is 1. The van der Waals surface area contributed by atoms with Gasteiger partial charge in [0.25, 0.3) is 0 Å². The van der Waals surface area contributed by atoms with Crippen LogP contribution in [0.5, 0.6) is 5.75 Å². The van der Waals surface area contributed by atoms with Crippen molar-refractivity contribution in [3.8, 4) is 5.75 Å². The molecule has 2 N–H and O–H groups in total. The predicted molar refractivity (Wildman–Crippen MR) is 70.3 cm³/mol. The zero-order valence-electron chi connectivity index (χ0n) is 10.8. The lowest BCUT2D eigenvalue weighted by atomic mass is 10.1. The Morgan fingerprint density at radius 1 is 1.18 bits per heavy atom. The van der Waals surface area contributed by atoms with Crippen LogP contribution in [0.15, 0.2) is 24.3 Å². The minimum Gasteiger partial charge on any atom is -0.497 e. The smallest absolute Gasteiger partial charge is 0.118 e. The molecule has 0 spiro atoms. The zero-order valence-corrected chi connectivity index (χ0v) is 10.8. The van der Waals surface area contributed by atoms with Gasteiger partial charge in [0.15, 0.2) is 0 Å². The van der Waals surface area contributed by atoms with Crippen molar-refractivity contribution in [3.05, 3.63) is 29.8 Å². The molecule has 0 fully saturated rings. The third kappa shape index (κ3) is 5.20. The van der Waals surface area contributed by atoms with Gasteiger partial charge in [0, 0.05) is 12.6 Å². The Morgan fingerprint density at radius 3 is 2.47 bits per heavy atom. The topological polar surface area (TPSA) is 41.5 Å². The van der Waals surface area contributed by atoms with Crippen LogP contribution in [0.2, 0.25) is 0 Å². The van der Waals surface area contributed by atoms with Crippen molar-refractivity contribution in [2.75, 3.05) is 20.3 Å². The molecular weight excluding hydrogens is 214 g/mol. The molecule has 1 aromatic carbocycles. The molecule has 3 nitrogen and oxygen atoms in total. The molecule has 0 saturated heterocycles. The second kappa shape index (κ2) is 8.09. The number of hydrogen-bond acceptors (Lipinski definition) is 3. The fourth-order valence-corrected chi connectivity index (χ4v) is 1.74. The van der Waals surface area contributed by atoms with Crippen molar-refractivity contribution in [1.82, 2.24) is 5.32 Å². The van der Waals surface area contributed by atoms with E-state index < -0.39 is 0 Å². The van der Waals surface area contributed by atoms with Gasteiger partial charge < -0.3 is 15.2 Å². The molecule has 0 bridgehead atoms. The number of nitrogens with one attached hydrogen (secondary N) is 1. The van der Waals surface area contributed by atoms with Gasteiger partial charge in [-0.3, -0.25) is 0 Å². The molecule has 0 aliphatic heterocycles. The number of rotatable bonds is 8. The van der Waals surface area contributed by atoms with Crippen LogP contribution in [-0.4, -0.2) is 25.4 Å². The summed E-state index contributed by atoms with van der Waals surface area (Å²) in [7, 11) is 1.68. The van der Waals surface area contributed by atoms with Gasteiger partial charge in [-0.15, -0.1) is 0 Å². The van der Waals surface area contributed by atoms with Crippen molar-refractivity contribution in [2.45, 2.75) is 32.2 Å². The third-order valence-corrected chi connectivity index (χ3v) is 2.90. The van der Waals surface area contributed by atoms with E-state index in [1.807, 2.05) is 12.1 Å². The number of hydrogen-bond donors (Lipinski definition) is 2. The summed E-state index contributed by atoms with van der Waals surface area (Å²) in [5.74, 6) is 0.892. The van der Waals surface area contributed by atoms with Gasteiger partial charge in [-0.05, 0) is 50.4 Å². The molecule has 0 aliphatic carbocycles. The Hall–Kier alpha value is -1.06. The molecule has 0 heterocycles. The summed E-state index contributed by atoms with van der Waals surface area (Å²) in [6.07, 6.45) is 3.10. The lowest BCUT2D eigenvalue weighted by molar-refractivity contribution is 0.282. The molecule has 0 amide bonds. The first-order valence-corrected chi connectivity index (χ1v) is 6.26. The Bertz CT molecular complexity index is 298. The number of benzene rings is 1. The molecule has 0 radical (unpaired) electrons. The van der Waals surface area contributed by atoms with Crippen LogP contribution in [-0.2, 0) is 0 Å². The predicted octanol–water partition coefficient (Wildman–Crippen LogP) is 2.51. The Labute approximate surface area is 104 Å². The lowest BCUT2D eigenvalue weighted by Gasteiger charge is -2.14. The van der Waals surface area contributed by atoms with E-state index in [9.17, 15) is 0 Å². The average Bonchev–Trinajstić information content (AvgIpc) is 2.38. The van der Waals surface area contributed by atoms with E-state index in [0.29, 0.717) is 12.6 Å². The van der Waals surface area contributed by atoms with Gasteiger partial charge in [0.1, 0.15) is 5.75 Å². The normalized spacial score (nSPS) is 12.4. The Kier molecular flexibility index (Phi) is 6.67. The van der Waals surface area contributed by atoms with Crippen LogP contribution in [0.3, 0.4) is 0 Å². The SMILES string of the molecule is COc1ccc(C(C)NCCCCCO)cc1. The largest absolute Gasteiger partial charge is 0.497 e. The summed E-state index contributed by atoms with van der Waals surface area (Å²) < 4.78 is 5.13. The molecule has 0 aliphatic rings. The first-order chi connectivity index (χ1) is 8.27. The minimum absolute atomic E-state index is 0.300. The van der Waals surface area contributed by atoms with Crippen molar-refractivity contribution in [3.63, 3.8) is 0 Å². The highest BCUT2D eigenvalue weighted by Gasteiger charge is 2.03. The van der Waals surface area contributed by atoms with Crippen molar-refractivity contribution >= 4 is 0 Å². The number of methoxy groups -OCH3 is 1. The van der Waals surface area contributed by atoms with E-state index in [2.05, 4.69) is 24.4 Å². The van der Waals surface area contributed by atoms with Crippen LogP contribution in [0.4, 0.5) is 0 Å². The number of aliphatic hydroxyl groups excluding tert-OH is 1. The van der Waals surface area contributed by atoms with Gasteiger partial charge in [-0.2, -0.15) is 0 Å². The van der Waals surface area contributed by atoms with Crippen molar-refractivity contribution in [1.29, 1.82) is 0 Å². The monoisotopic (exact) mass is 237 g/mol. The second-order valence-corrected chi connectivity index (χ2v) is 4.23. The summed E-state index contributed by atoms with van der Waals surface area (Å²) in [6.45, 7) is 3.45. The minimum atomic E-state index is 0.300. The fourth-order valence-electron chi connectivity index (χ4n) is 1.74. The van der Waals surface area contributed by atoms with Crippen LogP contribution in [0, 0.1) is 0 Å². The standard InChI is InChI=1S/C14H23NO2/c1-12(15-10-4-3-5-11-16)13-6-8-14(17-2)9-7-13/h6-9,12,15-16H,3-5,10-11H2,1-2H3. The quantitative estimate of drug-likeness (QED) is 0.683. The van der Waals surface area contributed by atoms with E-state index in [-0.39, 0.29) is 0 Å². The van der Waals surface area contributed by atoms with E-state index in [1.165, 1.54) is 5.56 Å². The Balaban J connectivity index is 2.28. The van der Waals surface area contributed by atoms with Crippen LogP contribution >= 0.6 is 0 Å². The van der Waals surface area contributed by atoms with E-state index >= 15 is 0 Å². The molecular formula is C14H23NO2. The summed E-state index contributed by atoms with van der Waals surface area (Å²) in [5.41, 5.74) is 1.27. The maximum atomic E-state index is 8.67. The maximum Gasteiger partial charge on any atom is 0.118 e. The molecule has 1 unspecified atom stereocenters. The Morgan fingerprint density at radius 2 is 1.88 bits per heavy atom. The second-order valence-electron chi connectivity index (χ2n) is 4.23. The highest BCUT2D eigenvalue weighted by molar-refractivity contribution is 5.28. The van der Waals surface area contributed by atoms with E-state index in [1.54, 1.807) is 7.11 Å². The summed E-state index contributed by atoms with van der Waals surface area (Å²) in [6, 6.07) is 8.50. The molecule has 1 rings (SSSR count). The summed E-state index contributed by atoms with van der Waals surface area (Å²) >= 11 is 0. The average molecular weight is 237 g/mol. The molecule has 3 heteroatoms. The first-order valence-electron chi connectivity index (χ1n) is 6.26. The number of aliphatic hydroxyl groups is 1. The third-order valence-electron chi connectivity index (χ3n) is 2.90. The maximum absolute atomic E-state index is 8.67. The van der Waals surface area contributed by atoms with E-state index in [4.69, 9.17) is 9.84 Å². The van der Waals surface area contributed by atoms with Gasteiger partial charge in [-0.25, -0.2) is 0 Å². The molecule has 96 valence electrons. The van der Waals surface area contributed by atoms with Crippen molar-refractivity contribution in [2.24, 2.45) is 0 Å². The molecule has 1 aromatic rings. The molecule has 1 atom stereocenters. The zero-order chi connectivity index (χ0) is 12.5. The summed E-state index contributed by atoms with van der Waals surface area (Å²) in [5, 5.41) is 12.1. The highest BCUT2D eigenvalue weighted by atomic mass is 16.5. The van der Waals surface area contributed by atoms with Crippen LogP contribution in [0.25, 0.3) is 0 Å². The van der Waals surface area contributed by atoms with Gasteiger partial charge in [0.05, 0.1) is 7.11 Å². The first kappa shape index (κ1) is 14.0. The summed E-state index contributed by atoms with van der Waals surface area (Å²) in [4.78, 5) is 0. The molecule has 0 aromatic heterocycles. The van der Waals surface area contributed by atoms with Gasteiger partial charge in [0.2, 0.25) is 0 Å². The molecule has 0 saturated carbocycles. The van der Waals surface area contributed by atoms with E-state index in [0.717, 1.165) is 31.6 Å². The number of unbranched alkanes of at least 4 members (excludes halogenated alkanes) is 2. The van der Waals surface area contributed by atoms with Crippen LogP contribution < -0.4 is 10.1 Å². The fraction of sp³-hybridized carbons (Fsp3) is 0.571. The highest BCUT2D eigenvalue weighted by Crippen LogP contribution is 2.17. The van der Waals surface area contributed by atoms with Crippen LogP contribution in [0.1, 0.15) is 37.8 Å². The van der Waals surface area contributed by atoms with Gasteiger partial charge >= 0.3 is 0 Å². The van der Waals surface area contributed by atoms with Gasteiger partial charge in [-0.1, -0.05) is 12.1 Å². The van der Waals surface area contributed by atoms with Crippen molar-refractivity contribution < 1.29 is 9.84 Å². The lowest BCUT2D eigenvalue weighted by Crippen LogP contribution is -2.19. The molecule has 17 heavy (non-hydrogen) atoms.